The van der Waals surface area contributed by atoms with Gasteiger partial charge >= 0.3 is 17.9 Å². The number of nitrogens with zero attached hydrogens (tertiary/aromatic N) is 4. The zero-order valence-corrected chi connectivity index (χ0v) is 27.9. The molecule has 0 aromatic heterocycles. The van der Waals surface area contributed by atoms with E-state index in [4.69, 9.17) is 0 Å². The van der Waals surface area contributed by atoms with Gasteiger partial charge in [-0.1, -0.05) is 36.4 Å². The summed E-state index contributed by atoms with van der Waals surface area (Å²) >= 11 is 0. The van der Waals surface area contributed by atoms with Gasteiger partial charge in [-0.05, 0) is 53.1 Å². The van der Waals surface area contributed by atoms with Crippen LogP contribution in [0, 0.1) is 0 Å². The predicted molar refractivity (Wildman–Crippen MR) is 180 cm³/mol. The highest BCUT2D eigenvalue weighted by atomic mass is 16.4. The highest BCUT2D eigenvalue weighted by Gasteiger charge is 2.18. The first kappa shape index (κ1) is 37.9. The molecule has 0 fully saturated rings. The van der Waals surface area contributed by atoms with E-state index in [-0.39, 0.29) is 54.0 Å². The van der Waals surface area contributed by atoms with Gasteiger partial charge < -0.3 is 30.0 Å². The van der Waals surface area contributed by atoms with Crippen molar-refractivity contribution in [2.75, 3.05) is 39.3 Å². The Hall–Kier alpha value is -5.56. The average Bonchev–Trinajstić information content (AvgIpc) is 3.06. The van der Waals surface area contributed by atoms with Crippen molar-refractivity contribution in [3.63, 3.8) is 0 Å². The molecule has 0 aliphatic carbocycles. The second-order valence-electron chi connectivity index (χ2n) is 11.7. The molecule has 0 radical (unpaired) electrons. The molecule has 0 unspecified atom stereocenters. The minimum Gasteiger partial charge on any atom is -0.478 e. The molecule has 3 N–H and O–H groups in total. The van der Waals surface area contributed by atoms with Crippen LogP contribution in [-0.4, -0.2) is 110 Å². The van der Waals surface area contributed by atoms with Crippen molar-refractivity contribution in [1.29, 1.82) is 0 Å². The Morgan fingerprint density at radius 1 is 0.408 bits per heavy atom. The topological polar surface area (TPSA) is 176 Å². The van der Waals surface area contributed by atoms with Gasteiger partial charge in [-0.25, -0.2) is 14.4 Å². The predicted octanol–water partition coefficient (Wildman–Crippen LogP) is 3.53. The summed E-state index contributed by atoms with van der Waals surface area (Å²) in [4.78, 5) is 78.6. The van der Waals surface area contributed by atoms with E-state index in [0.717, 1.165) is 16.7 Å². The number of rotatable bonds is 18. The Morgan fingerprint density at radius 2 is 0.633 bits per heavy atom. The number of carboxylic acid groups (broad SMARTS) is 3. The van der Waals surface area contributed by atoms with Crippen molar-refractivity contribution in [3.8, 4) is 0 Å². The van der Waals surface area contributed by atoms with E-state index in [1.165, 1.54) is 57.2 Å². The van der Waals surface area contributed by atoms with E-state index in [1.807, 2.05) is 0 Å². The fourth-order valence-electron chi connectivity index (χ4n) is 5.08. The number of carbonyl (C=O) groups excluding carboxylic acids is 3. The first-order valence-electron chi connectivity index (χ1n) is 15.7. The molecule has 3 rings (SSSR count). The average molecular weight is 675 g/mol. The highest BCUT2D eigenvalue weighted by Crippen LogP contribution is 2.12. The van der Waals surface area contributed by atoms with E-state index in [9.17, 15) is 44.1 Å². The Labute approximate surface area is 285 Å². The summed E-state index contributed by atoms with van der Waals surface area (Å²) in [7, 11) is 0. The van der Waals surface area contributed by atoms with E-state index in [0.29, 0.717) is 39.3 Å². The summed E-state index contributed by atoms with van der Waals surface area (Å²) in [6.45, 7) is 7.35. The number of carbonyl (C=O) groups is 6. The van der Waals surface area contributed by atoms with E-state index >= 15 is 0 Å². The van der Waals surface area contributed by atoms with Gasteiger partial charge in [0.05, 0.1) is 16.7 Å². The molecule has 0 bridgehead atoms. The fraction of sp³-hybridized carbons (Fsp3) is 0.333. The largest absolute Gasteiger partial charge is 0.478 e. The van der Waals surface area contributed by atoms with Crippen LogP contribution in [0.3, 0.4) is 0 Å². The molecule has 3 aromatic carbocycles. The monoisotopic (exact) mass is 674 g/mol. The number of carboxylic acids is 3. The maximum atomic E-state index is 12.6. The van der Waals surface area contributed by atoms with Crippen LogP contribution in [0.2, 0.25) is 0 Å². The van der Waals surface area contributed by atoms with Crippen LogP contribution >= 0.6 is 0 Å². The third-order valence-corrected chi connectivity index (χ3v) is 8.12. The molecule has 0 spiro atoms. The third-order valence-electron chi connectivity index (χ3n) is 8.12. The summed E-state index contributed by atoms with van der Waals surface area (Å²) < 4.78 is 0. The van der Waals surface area contributed by atoms with Gasteiger partial charge in [0.25, 0.3) is 0 Å². The molecule has 0 aliphatic heterocycles. The lowest BCUT2D eigenvalue weighted by Crippen LogP contribution is -2.45. The first-order chi connectivity index (χ1) is 23.2. The van der Waals surface area contributed by atoms with E-state index in [1.54, 1.807) is 51.1 Å². The van der Waals surface area contributed by atoms with Gasteiger partial charge in [-0.15, -0.1) is 0 Å². The van der Waals surface area contributed by atoms with Crippen LogP contribution in [-0.2, 0) is 34.0 Å². The molecule has 3 aromatic rings. The van der Waals surface area contributed by atoms with Gasteiger partial charge in [0, 0.05) is 79.7 Å². The quantitative estimate of drug-likeness (QED) is 0.181. The normalized spacial score (nSPS) is 10.8. The summed E-state index contributed by atoms with van der Waals surface area (Å²) in [5.41, 5.74) is 2.72. The second kappa shape index (κ2) is 18.1. The smallest absolute Gasteiger partial charge is 0.335 e. The molecule has 0 saturated heterocycles. The van der Waals surface area contributed by atoms with E-state index in [2.05, 4.69) is 4.90 Å². The minimum absolute atomic E-state index is 0.144. The van der Waals surface area contributed by atoms with Crippen molar-refractivity contribution in [3.05, 3.63) is 106 Å². The molecule has 49 heavy (non-hydrogen) atoms. The van der Waals surface area contributed by atoms with Crippen LogP contribution < -0.4 is 0 Å². The number of hydrogen-bond acceptors (Lipinski definition) is 7. The molecular formula is C36H42N4O9. The lowest BCUT2D eigenvalue weighted by Gasteiger charge is -2.31. The molecule has 0 atom stereocenters. The molecule has 0 saturated carbocycles. The number of aromatic carboxylic acids is 3. The third kappa shape index (κ3) is 12.2. The zero-order chi connectivity index (χ0) is 36.1. The van der Waals surface area contributed by atoms with Crippen LogP contribution in [0.1, 0.15) is 68.5 Å². The maximum Gasteiger partial charge on any atom is 0.335 e. The Bertz CT molecular complexity index is 1430. The van der Waals surface area contributed by atoms with Crippen molar-refractivity contribution in [2.24, 2.45) is 0 Å². The number of hydrogen-bond donors (Lipinski definition) is 3. The first-order valence-corrected chi connectivity index (χ1v) is 15.7. The van der Waals surface area contributed by atoms with Gasteiger partial charge in [0.2, 0.25) is 17.7 Å². The SMILES string of the molecule is CC(=O)N(CCN(CCN(Cc1ccc(C(=O)O)cc1)C(C)=O)CCN(Cc1ccc(C(=O)O)cc1)C(C)=O)Cc1ccc(C(=O)O)cc1. The summed E-state index contributed by atoms with van der Waals surface area (Å²) in [6, 6.07) is 18.9. The molecule has 0 heterocycles. The van der Waals surface area contributed by atoms with Crippen LogP contribution in [0.15, 0.2) is 72.8 Å². The molecule has 13 heteroatoms. The van der Waals surface area contributed by atoms with Crippen LogP contribution in [0.25, 0.3) is 0 Å². The van der Waals surface area contributed by atoms with Crippen molar-refractivity contribution in [2.45, 2.75) is 40.4 Å². The molecule has 13 nitrogen and oxygen atoms in total. The van der Waals surface area contributed by atoms with Gasteiger partial charge in [0.15, 0.2) is 0 Å². The standard InChI is InChI=1S/C36H42N4O9/c1-25(41)38(22-28-4-10-31(11-5-28)34(44)45)19-16-37(17-20-39(26(2)42)23-29-6-12-32(13-7-29)35(46)47)18-21-40(27(3)43)24-30-8-14-33(15-9-30)36(48)49/h4-15H,16-24H2,1-3H3,(H,44,45)(H,46,47)(H,48,49). The molecule has 3 amide bonds. The fourth-order valence-corrected chi connectivity index (χ4v) is 5.08. The zero-order valence-electron chi connectivity index (χ0n) is 27.9. The minimum atomic E-state index is -1.04. The Morgan fingerprint density at radius 3 is 0.816 bits per heavy atom. The summed E-state index contributed by atoms with van der Waals surface area (Å²) in [6.07, 6.45) is 0. The van der Waals surface area contributed by atoms with Crippen molar-refractivity contribution < 1.29 is 44.1 Å². The number of benzene rings is 3. The van der Waals surface area contributed by atoms with Gasteiger partial charge in [-0.3, -0.25) is 19.3 Å². The van der Waals surface area contributed by atoms with E-state index < -0.39 is 17.9 Å². The number of amides is 3. The Balaban J connectivity index is 1.75. The maximum absolute atomic E-state index is 12.6. The van der Waals surface area contributed by atoms with Gasteiger partial charge in [0.1, 0.15) is 0 Å². The van der Waals surface area contributed by atoms with Crippen molar-refractivity contribution >= 4 is 35.6 Å². The summed E-state index contributed by atoms with van der Waals surface area (Å²) in [5, 5.41) is 27.6. The second-order valence-corrected chi connectivity index (χ2v) is 11.7. The summed E-state index contributed by atoms with van der Waals surface area (Å²) in [5.74, 6) is -3.65. The molecular weight excluding hydrogens is 632 g/mol. The molecule has 260 valence electrons. The van der Waals surface area contributed by atoms with Crippen LogP contribution in [0.5, 0.6) is 0 Å². The lowest BCUT2D eigenvalue weighted by atomic mass is 10.1. The van der Waals surface area contributed by atoms with Crippen LogP contribution in [0.4, 0.5) is 0 Å². The highest BCUT2D eigenvalue weighted by molar-refractivity contribution is 5.88. The Kier molecular flexibility index (Phi) is 14.0. The molecule has 0 aliphatic rings. The van der Waals surface area contributed by atoms with Crippen molar-refractivity contribution in [1.82, 2.24) is 19.6 Å². The lowest BCUT2D eigenvalue weighted by molar-refractivity contribution is -0.129. The van der Waals surface area contributed by atoms with Gasteiger partial charge in [-0.2, -0.15) is 0 Å².